The third-order valence-corrected chi connectivity index (χ3v) is 16.9. The molecule has 745 valence electrons. The number of ketones is 3. The number of halogens is 8. The van der Waals surface area contributed by atoms with Gasteiger partial charge in [0.05, 0.1) is 17.3 Å². The van der Waals surface area contributed by atoms with Crippen molar-refractivity contribution in [2.75, 3.05) is 7.05 Å². The molecule has 7 aromatic heterocycles. The fourth-order valence-corrected chi connectivity index (χ4v) is 11.2. The number of fused-ring (bicyclic) bond motifs is 2. The minimum atomic E-state index is -5.05. The number of phenolic OH excluding ortho intramolecular Hbond substituents is 1. The number of carboxylic acid groups (broad SMARTS) is 1. The van der Waals surface area contributed by atoms with Gasteiger partial charge in [-0.1, -0.05) is 139 Å². The first-order valence-electron chi connectivity index (χ1n) is 40.1. The maximum absolute atomic E-state index is 13.3. The Hall–Kier alpha value is -13.3. The monoisotopic (exact) mass is 2990 g/mol. The maximum Gasteiger partial charge on any atom is 1.00 e. The number of aliphatic hydroxyl groups excluding tert-OH is 3. The van der Waals surface area contributed by atoms with Crippen molar-refractivity contribution in [1.82, 2.24) is 15.0 Å². The van der Waals surface area contributed by atoms with Crippen LogP contribution in [0.1, 0.15) is 80.8 Å². The van der Waals surface area contributed by atoms with Crippen molar-refractivity contribution in [3.63, 3.8) is 0 Å². The molecule has 0 unspecified atom stereocenters. The first-order valence-corrected chi connectivity index (χ1v) is 40.1. The second-order valence-corrected chi connectivity index (χ2v) is 27.6. The van der Waals surface area contributed by atoms with Crippen LogP contribution < -0.4 is 18.9 Å². The van der Waals surface area contributed by atoms with Gasteiger partial charge in [-0.25, -0.2) is 45.4 Å². The quantitative estimate of drug-likeness (QED) is 0.0153. The molecule has 7 heterocycles. The smallest absolute Gasteiger partial charge is 0.629 e. The van der Waals surface area contributed by atoms with Gasteiger partial charge < -0.3 is 56.3 Å². The maximum atomic E-state index is 13.3. The number of aromatic nitrogens is 7. The van der Waals surface area contributed by atoms with Gasteiger partial charge in [0.25, 0.3) is 0 Å². The fourth-order valence-electron chi connectivity index (χ4n) is 11.2. The van der Waals surface area contributed by atoms with Gasteiger partial charge in [-0.2, -0.15) is 92.1 Å². The number of carboxylic acids is 1. The molecule has 0 spiro atoms. The number of hydrogen-bond acceptors (Lipinski definition) is 16. The number of carbonyl (C=O) groups is 4. The van der Waals surface area contributed by atoms with Crippen LogP contribution in [0.15, 0.2) is 369 Å². The summed E-state index contributed by atoms with van der Waals surface area (Å²) in [5, 5.41) is 88.1. The average molecular weight is 2990 g/mol. The first-order chi connectivity index (χ1) is 64.4. The van der Waals surface area contributed by atoms with Gasteiger partial charge in [0, 0.05) is 181 Å². The van der Waals surface area contributed by atoms with E-state index in [1.807, 2.05) is 146 Å². The Morgan fingerprint density at radius 2 is 0.922 bits per heavy atom. The van der Waals surface area contributed by atoms with Crippen molar-refractivity contribution >= 4 is 35.1 Å². The number of nitrogens with zero attached hydrogens (tertiary/aromatic N) is 8. The SMILES string of the molecule is CC(=O)C=C(C)O.CC(=O)C=C(C)O.CC(=O)C=C(C)O.CN=Cc1ccccc1O.O=C(O)c1ccccn1.[Ir].[Ir].[Ir].[Ir].[O-][n+]1ccccc1-c1[c-]cc(C(F)(F)F)cc1C(F)(F)F.[O-][n+]1ccccc1-c1[c-]cc(F)cc1F.[O-][n+]1ccccc1-c1[c-]cccc1.[O-][n+]1ccccc1C1=[C-]C=CC=CC1.[Os+].[Pt].[c-]1ncccc1-c1[c-]c2cccccc-2c1.[c-]1ncccc1-c1[c-]cc2cccccc1-2. The predicted octanol–water partition coefficient (Wildman–Crippen LogP) is 21.9. The molecule has 141 heavy (non-hydrogen) atoms. The normalized spacial score (nSPS) is 10.7. The molecule has 0 atom stereocenters. The summed E-state index contributed by atoms with van der Waals surface area (Å²) in [7, 11) is 1.67. The zero-order chi connectivity index (χ0) is 98.8. The number of para-hydroxylation sites is 1. The number of aromatic carboxylic acids is 1. The average Bonchev–Trinajstić information content (AvgIpc) is 1.77. The van der Waals surface area contributed by atoms with E-state index in [0.29, 0.717) is 22.2 Å². The molecular weight excluding hydrogens is 2900 g/mol. The Balaban J connectivity index is 0.00000155. The summed E-state index contributed by atoms with van der Waals surface area (Å²) in [6, 6.07) is 86.7. The molecule has 4 aromatic carbocycles. The molecule has 0 bridgehead atoms. The van der Waals surface area contributed by atoms with Crippen LogP contribution in [-0.2, 0) is 148 Å². The predicted molar refractivity (Wildman–Crippen MR) is 496 cm³/mol. The summed E-state index contributed by atoms with van der Waals surface area (Å²) >= 11 is 0. The van der Waals surface area contributed by atoms with Crippen LogP contribution in [0.2, 0.25) is 0 Å². The van der Waals surface area contributed by atoms with E-state index in [2.05, 4.69) is 93.0 Å². The summed E-state index contributed by atoms with van der Waals surface area (Å²) in [5.41, 5.74) is 8.53. The van der Waals surface area contributed by atoms with E-state index in [4.69, 9.17) is 25.5 Å². The Bertz CT molecular complexity index is 6390. The van der Waals surface area contributed by atoms with Crippen molar-refractivity contribution < 1.29 is 220 Å². The van der Waals surface area contributed by atoms with E-state index >= 15 is 0 Å². The molecule has 0 saturated carbocycles. The van der Waals surface area contributed by atoms with E-state index in [-0.39, 0.29) is 189 Å². The summed E-state index contributed by atoms with van der Waals surface area (Å²) < 4.78 is 105. The molecule has 5 N–H and O–H groups in total. The largest absolute Gasteiger partial charge is 1.00 e. The second kappa shape index (κ2) is 67.9. The van der Waals surface area contributed by atoms with Crippen molar-refractivity contribution in [3.05, 3.63) is 473 Å². The molecule has 11 aromatic rings. The number of aliphatic imine (C=N–C) groups is 1. The van der Waals surface area contributed by atoms with Crippen molar-refractivity contribution in [2.24, 2.45) is 4.99 Å². The number of aromatic hydroxyl groups is 1. The minimum Gasteiger partial charge on any atom is -0.629 e. The third-order valence-electron chi connectivity index (χ3n) is 16.9. The van der Waals surface area contributed by atoms with Gasteiger partial charge in [0.1, 0.15) is 34.2 Å². The molecule has 35 heteroatoms. The molecule has 5 aliphatic carbocycles. The number of rotatable bonds is 11. The van der Waals surface area contributed by atoms with Gasteiger partial charge in [-0.05, 0) is 113 Å². The Morgan fingerprint density at radius 3 is 1.38 bits per heavy atom. The zero-order valence-corrected chi connectivity index (χ0v) is 89.7. The van der Waals surface area contributed by atoms with E-state index in [9.17, 15) is 75.1 Å². The Labute approximate surface area is 892 Å². The Kier molecular flexibility index (Phi) is 61.5. The van der Waals surface area contributed by atoms with Crippen LogP contribution >= 0.6 is 0 Å². The molecule has 21 nitrogen and oxygen atoms in total. The number of hydrogen-bond donors (Lipinski definition) is 5. The summed E-state index contributed by atoms with van der Waals surface area (Å²) in [5.74, 6) is -2.42. The Morgan fingerprint density at radius 1 is 0.454 bits per heavy atom. The first kappa shape index (κ1) is 128. The van der Waals surface area contributed by atoms with Crippen molar-refractivity contribution in [1.29, 1.82) is 0 Å². The van der Waals surface area contributed by atoms with Gasteiger partial charge >= 0.3 is 38.1 Å². The topological polar surface area (TPSA) is 328 Å². The number of alkyl halides is 6. The van der Waals surface area contributed by atoms with Crippen LogP contribution in [-0.4, -0.2) is 77.1 Å². The molecule has 0 fully saturated rings. The standard InChI is InChI=1S/2C15H9N.C13H6F6NO.C12H10NO.C11H6F2NO.C11H8NO.C8H9NO.C6H5NO2.3C5H8O2.4Ir.Os.Pt/c1-2-5-12-8-9-15(14(12)7-3-1)13-6-4-10-16-11-13;1-2-5-12-9-15(10-13(12)6-3-1)14-7-4-8-16-11-14;14-12(15,16)8-4-5-9(10(7-8)13(17,18)19)11-3-1-2-6-20(11)21;14-13-10-6-5-9-12(13)11-7-3-1-2-4-8-11;12-8-4-5-9(10(13)7-8)11-3-1-2-6-14(11)15;13-12-9-5-4-8-11(12)10-6-2-1-3-7-10;1-9-6-7-4-2-3-5-8(7)10;8-6(9)5-3-1-2-4-7-5;3*1-4(6)3-5(2)7;;;;;;/h1-8,10H;1-9H;1-4,6-7H;1-6,9-10H,7H2;1-4,6-7H;1-6,8-9H;2-6,10H,1H3;1-4H,(H,8,9);3*3,6H,1-2H3;;;;;;/q2*-2;4*-1;;;;;;;;;;+1;. The molecule has 5 aliphatic rings. The number of benzene rings is 4. The van der Waals surface area contributed by atoms with Crippen LogP contribution in [0, 0.1) is 81.3 Å². The van der Waals surface area contributed by atoms with Crippen molar-refractivity contribution in [3.8, 4) is 84.0 Å². The van der Waals surface area contributed by atoms with Crippen LogP contribution in [0.4, 0.5) is 35.1 Å². The summed E-state index contributed by atoms with van der Waals surface area (Å²) in [6.45, 7) is 8.54. The molecule has 0 amide bonds. The number of phenols is 1. The van der Waals surface area contributed by atoms with Gasteiger partial charge in [-0.15, -0.1) is 114 Å². The molecule has 0 saturated heterocycles. The fraction of sp³-hybridized carbons (Fsp3) is 0.0943. The summed E-state index contributed by atoms with van der Waals surface area (Å²) in [4.78, 5) is 55.6. The molecule has 16 rings (SSSR count). The summed E-state index contributed by atoms with van der Waals surface area (Å²) in [6.07, 6.45) is 22.7. The van der Waals surface area contributed by atoms with E-state index < -0.39 is 52.3 Å². The van der Waals surface area contributed by atoms with Crippen LogP contribution in [0.3, 0.4) is 0 Å². The number of pyridine rings is 7. The minimum absolute atomic E-state index is 0. The van der Waals surface area contributed by atoms with Crippen molar-refractivity contribution in [2.45, 2.75) is 60.3 Å². The second-order valence-electron chi connectivity index (χ2n) is 27.6. The van der Waals surface area contributed by atoms with E-state index in [1.54, 1.807) is 80.3 Å². The molecular formula is C106H86F8Ir4N8O13OsPt-7. The number of aliphatic hydroxyl groups is 3. The molecule has 5 radical (unpaired) electrons. The van der Waals surface area contributed by atoms with Crippen LogP contribution in [0.25, 0.3) is 83.9 Å². The van der Waals surface area contributed by atoms with E-state index in [1.165, 1.54) is 132 Å². The number of carbonyl (C=O) groups excluding carboxylic acids is 3. The van der Waals surface area contributed by atoms with E-state index in [0.717, 1.165) is 84.8 Å². The van der Waals surface area contributed by atoms with Crippen LogP contribution in [0.5, 0.6) is 5.75 Å². The molecule has 0 aliphatic heterocycles. The third kappa shape index (κ3) is 47.0. The van der Waals surface area contributed by atoms with Gasteiger partial charge in [-0.3, -0.25) is 28.2 Å². The number of allylic oxidation sites excluding steroid dienone is 12. The van der Waals surface area contributed by atoms with Gasteiger partial charge in [0.15, 0.2) is 42.1 Å². The van der Waals surface area contributed by atoms with Gasteiger partial charge in [0.2, 0.25) is 0 Å². The zero-order valence-electron chi connectivity index (χ0n) is 75.3.